The number of amides is 1. The molecule has 1 aromatic heterocycles. The maximum Gasteiger partial charge on any atom is 0.273 e. The first kappa shape index (κ1) is 13.0. The number of thiocarbonyl (C=S) groups is 1. The van der Waals surface area contributed by atoms with Crippen molar-refractivity contribution in [3.63, 3.8) is 0 Å². The van der Waals surface area contributed by atoms with Crippen molar-refractivity contribution in [3.05, 3.63) is 52.8 Å². The minimum Gasteiger partial charge on any atom is -0.328 e. The van der Waals surface area contributed by atoms with Crippen LogP contribution in [0.5, 0.6) is 0 Å². The van der Waals surface area contributed by atoms with Crippen molar-refractivity contribution in [2.75, 3.05) is 0 Å². The van der Waals surface area contributed by atoms with Crippen LogP contribution in [0.4, 0.5) is 4.39 Å². The van der Waals surface area contributed by atoms with Crippen LogP contribution in [-0.4, -0.2) is 11.0 Å². The van der Waals surface area contributed by atoms with Crippen LogP contribution in [0.3, 0.4) is 0 Å². The van der Waals surface area contributed by atoms with E-state index in [1.807, 2.05) is 12.1 Å². The number of nitrogens with one attached hydrogen (secondary N) is 2. The fraction of sp³-hybridized carbons (Fsp3) is 0. The quantitative estimate of drug-likeness (QED) is 0.662. The molecule has 1 saturated heterocycles. The van der Waals surface area contributed by atoms with Gasteiger partial charge >= 0.3 is 0 Å². The van der Waals surface area contributed by atoms with E-state index in [4.69, 9.17) is 12.2 Å². The molecule has 1 aliphatic rings. The Labute approximate surface area is 124 Å². The van der Waals surface area contributed by atoms with Gasteiger partial charge in [0.25, 0.3) is 5.91 Å². The Morgan fingerprint density at radius 1 is 1.10 bits per heavy atom. The highest BCUT2D eigenvalue weighted by Crippen LogP contribution is 2.29. The van der Waals surface area contributed by atoms with Crippen LogP contribution in [0.25, 0.3) is 16.5 Å². The molecule has 6 heteroatoms. The minimum atomic E-state index is -0.256. The SMILES string of the molecule is O=C1NC(=S)N/C1=C\c1ccc(-c2ccc(F)cc2)s1. The molecule has 100 valence electrons. The molecule has 0 unspecified atom stereocenters. The van der Waals surface area contributed by atoms with Crippen molar-refractivity contribution in [1.82, 2.24) is 10.6 Å². The second-order valence-corrected chi connectivity index (χ2v) is 5.70. The fourth-order valence-electron chi connectivity index (χ4n) is 1.82. The summed E-state index contributed by atoms with van der Waals surface area (Å²) in [7, 11) is 0. The molecule has 0 radical (unpaired) electrons. The van der Waals surface area contributed by atoms with E-state index in [0.29, 0.717) is 10.8 Å². The molecule has 0 aliphatic carbocycles. The minimum absolute atomic E-state index is 0.230. The molecule has 2 heterocycles. The van der Waals surface area contributed by atoms with Crippen LogP contribution >= 0.6 is 23.6 Å². The zero-order valence-corrected chi connectivity index (χ0v) is 11.8. The third-order valence-electron chi connectivity index (χ3n) is 2.76. The summed E-state index contributed by atoms with van der Waals surface area (Å²) in [5.74, 6) is -0.486. The fourth-order valence-corrected chi connectivity index (χ4v) is 2.98. The van der Waals surface area contributed by atoms with Gasteiger partial charge in [-0.05, 0) is 48.1 Å². The maximum absolute atomic E-state index is 12.9. The van der Waals surface area contributed by atoms with E-state index in [0.717, 1.165) is 15.3 Å². The first-order chi connectivity index (χ1) is 9.61. The predicted molar refractivity (Wildman–Crippen MR) is 81.6 cm³/mol. The van der Waals surface area contributed by atoms with Gasteiger partial charge in [0.15, 0.2) is 5.11 Å². The number of carbonyl (C=O) groups excluding carboxylic acids is 1. The third kappa shape index (κ3) is 2.61. The second-order valence-electron chi connectivity index (χ2n) is 4.18. The molecule has 1 amide bonds. The van der Waals surface area contributed by atoms with Crippen molar-refractivity contribution in [2.45, 2.75) is 0 Å². The van der Waals surface area contributed by atoms with Crippen LogP contribution in [0.2, 0.25) is 0 Å². The Hall–Kier alpha value is -2.05. The molecule has 0 atom stereocenters. The standard InChI is InChI=1S/C14H9FN2OS2/c15-9-3-1-8(2-4-9)12-6-5-10(20-12)7-11-13(18)17-14(19)16-11/h1-7H,(H2,16,17,18,19)/b11-7-. The molecule has 3 nitrogen and oxygen atoms in total. The van der Waals surface area contributed by atoms with E-state index in [9.17, 15) is 9.18 Å². The number of thiophene rings is 1. The van der Waals surface area contributed by atoms with Crippen molar-refractivity contribution < 1.29 is 9.18 Å². The summed E-state index contributed by atoms with van der Waals surface area (Å²) in [5.41, 5.74) is 1.38. The summed E-state index contributed by atoms with van der Waals surface area (Å²) >= 11 is 6.39. The molecule has 0 saturated carbocycles. The second kappa shape index (κ2) is 5.15. The van der Waals surface area contributed by atoms with Gasteiger partial charge in [0.1, 0.15) is 11.5 Å². The molecule has 2 aromatic rings. The number of hydrogen-bond donors (Lipinski definition) is 2. The molecular weight excluding hydrogens is 295 g/mol. The van der Waals surface area contributed by atoms with E-state index in [1.165, 1.54) is 23.5 Å². The van der Waals surface area contributed by atoms with Gasteiger partial charge in [-0.25, -0.2) is 4.39 Å². The van der Waals surface area contributed by atoms with E-state index in [2.05, 4.69) is 10.6 Å². The Morgan fingerprint density at radius 2 is 1.85 bits per heavy atom. The van der Waals surface area contributed by atoms with Gasteiger partial charge in [0.2, 0.25) is 0 Å². The first-order valence-electron chi connectivity index (χ1n) is 5.81. The van der Waals surface area contributed by atoms with Crippen LogP contribution in [0.1, 0.15) is 4.88 Å². The van der Waals surface area contributed by atoms with Gasteiger partial charge in [-0.3, -0.25) is 10.1 Å². The monoisotopic (exact) mass is 304 g/mol. The molecule has 0 bridgehead atoms. The Balaban J connectivity index is 1.87. The Kier molecular flexibility index (Phi) is 3.33. The highest BCUT2D eigenvalue weighted by atomic mass is 32.1. The number of rotatable bonds is 2. The van der Waals surface area contributed by atoms with Gasteiger partial charge in [-0.15, -0.1) is 11.3 Å². The molecule has 3 rings (SSSR count). The van der Waals surface area contributed by atoms with Crippen LogP contribution in [0.15, 0.2) is 42.1 Å². The zero-order chi connectivity index (χ0) is 14.1. The van der Waals surface area contributed by atoms with Crippen molar-refractivity contribution in [1.29, 1.82) is 0 Å². The van der Waals surface area contributed by atoms with E-state index in [1.54, 1.807) is 18.2 Å². The van der Waals surface area contributed by atoms with Gasteiger partial charge in [-0.2, -0.15) is 0 Å². The topological polar surface area (TPSA) is 41.1 Å². The summed E-state index contributed by atoms with van der Waals surface area (Å²) in [5, 5.41) is 5.62. The average molecular weight is 304 g/mol. The smallest absolute Gasteiger partial charge is 0.273 e. The molecule has 0 spiro atoms. The summed E-state index contributed by atoms with van der Waals surface area (Å²) < 4.78 is 12.9. The zero-order valence-electron chi connectivity index (χ0n) is 10.1. The lowest BCUT2D eigenvalue weighted by atomic mass is 10.2. The highest BCUT2D eigenvalue weighted by Gasteiger charge is 2.20. The van der Waals surface area contributed by atoms with Crippen molar-refractivity contribution in [2.24, 2.45) is 0 Å². The number of halogens is 1. The van der Waals surface area contributed by atoms with Gasteiger partial charge in [0, 0.05) is 9.75 Å². The van der Waals surface area contributed by atoms with E-state index >= 15 is 0 Å². The molecule has 1 aliphatic heterocycles. The van der Waals surface area contributed by atoms with Crippen LogP contribution < -0.4 is 10.6 Å². The lowest BCUT2D eigenvalue weighted by molar-refractivity contribution is -0.115. The van der Waals surface area contributed by atoms with Gasteiger partial charge in [0.05, 0.1) is 0 Å². The summed E-state index contributed by atoms with van der Waals surface area (Å²) in [6.07, 6.45) is 1.74. The van der Waals surface area contributed by atoms with Gasteiger partial charge < -0.3 is 5.32 Å². The van der Waals surface area contributed by atoms with Crippen molar-refractivity contribution >= 4 is 40.7 Å². The number of hydrogen-bond acceptors (Lipinski definition) is 3. The Morgan fingerprint density at radius 3 is 2.50 bits per heavy atom. The van der Waals surface area contributed by atoms with Crippen LogP contribution in [-0.2, 0) is 4.79 Å². The summed E-state index contributed by atoms with van der Waals surface area (Å²) in [6, 6.07) is 10.2. The molecule has 1 aromatic carbocycles. The third-order valence-corrected chi connectivity index (χ3v) is 4.05. The lowest BCUT2D eigenvalue weighted by Crippen LogP contribution is -2.21. The molecule has 2 N–H and O–H groups in total. The normalized spacial score (nSPS) is 16.4. The van der Waals surface area contributed by atoms with Gasteiger partial charge in [-0.1, -0.05) is 12.1 Å². The van der Waals surface area contributed by atoms with E-state index < -0.39 is 0 Å². The molecule has 1 fully saturated rings. The summed E-state index contributed by atoms with van der Waals surface area (Å²) in [4.78, 5) is 13.5. The first-order valence-corrected chi connectivity index (χ1v) is 7.04. The number of benzene rings is 1. The van der Waals surface area contributed by atoms with Crippen LogP contribution in [0, 0.1) is 5.82 Å². The predicted octanol–water partition coefficient (Wildman–Crippen LogP) is 2.90. The maximum atomic E-state index is 12.9. The molecule has 20 heavy (non-hydrogen) atoms. The summed E-state index contributed by atoms with van der Waals surface area (Å²) in [6.45, 7) is 0. The highest BCUT2D eigenvalue weighted by molar-refractivity contribution is 7.80. The van der Waals surface area contributed by atoms with Crippen molar-refractivity contribution in [3.8, 4) is 10.4 Å². The largest absolute Gasteiger partial charge is 0.328 e. The number of carbonyl (C=O) groups is 1. The average Bonchev–Trinajstić information content (AvgIpc) is 2.98. The van der Waals surface area contributed by atoms with E-state index in [-0.39, 0.29) is 11.7 Å². The Bertz CT molecular complexity index is 719. The molecular formula is C14H9FN2OS2. The lowest BCUT2D eigenvalue weighted by Gasteiger charge is -1.96.